The van der Waals surface area contributed by atoms with Gasteiger partial charge in [0, 0.05) is 0 Å². The molecule has 0 amide bonds. The van der Waals surface area contributed by atoms with Gasteiger partial charge in [0.1, 0.15) is 0 Å². The van der Waals surface area contributed by atoms with E-state index in [0.29, 0.717) is 6.42 Å². The maximum Gasteiger partial charge on any atom is 0.0546 e. The molecule has 0 aromatic rings. The summed E-state index contributed by atoms with van der Waals surface area (Å²) in [5.41, 5.74) is 0. The molecule has 0 bridgehead atoms. The van der Waals surface area contributed by atoms with Gasteiger partial charge in [-0.25, -0.2) is 0 Å². The minimum Gasteiger partial charge on any atom is -0.393 e. The molecule has 0 aliphatic heterocycles. The quantitative estimate of drug-likeness (QED) is 0.524. The Morgan fingerprint density at radius 3 is 2.50 bits per heavy atom. The molecule has 0 heterocycles. The van der Waals surface area contributed by atoms with Gasteiger partial charge >= 0.3 is 0 Å². The predicted molar refractivity (Wildman–Crippen MR) is 25.2 cm³/mol. The molecule has 1 atom stereocenters. The molecule has 0 saturated heterocycles. The highest BCUT2D eigenvalue weighted by Crippen LogP contribution is 1.85. The van der Waals surface area contributed by atoms with E-state index in [1.807, 2.05) is 0 Å². The first-order valence-corrected chi connectivity index (χ1v) is 1.99. The summed E-state index contributed by atoms with van der Waals surface area (Å²) in [5.74, 6) is 0. The summed E-state index contributed by atoms with van der Waals surface area (Å²) < 4.78 is 0. The van der Waals surface area contributed by atoms with Crippen molar-refractivity contribution in [1.82, 2.24) is 0 Å². The zero-order chi connectivity index (χ0) is 4.99. The van der Waals surface area contributed by atoms with Gasteiger partial charge in [-0.1, -0.05) is 12.7 Å². The Kier molecular flexibility index (Phi) is 2.77. The lowest BCUT2D eigenvalue weighted by Crippen LogP contribution is -1.94. The Balaban J connectivity index is 2.81. The minimum absolute atomic E-state index is 0.282. The fourth-order valence-corrected chi connectivity index (χ4v) is 0.197. The Morgan fingerprint density at radius 2 is 2.50 bits per heavy atom. The Morgan fingerprint density at radius 1 is 2.00 bits per heavy atom. The molecule has 35 valence electrons. The largest absolute Gasteiger partial charge is 0.393 e. The highest BCUT2D eigenvalue weighted by Gasteiger charge is 1.84. The number of aliphatic hydroxyl groups excluding tert-OH is 1. The van der Waals surface area contributed by atoms with Crippen LogP contribution in [0, 0.1) is 6.58 Å². The van der Waals surface area contributed by atoms with E-state index < -0.39 is 0 Å². The van der Waals surface area contributed by atoms with Crippen molar-refractivity contribution < 1.29 is 5.11 Å². The highest BCUT2D eigenvalue weighted by molar-refractivity contribution is 4.64. The molecule has 1 radical (unpaired) electrons. The fourth-order valence-electron chi connectivity index (χ4n) is 0.197. The average Bonchev–Trinajstić information content (AvgIpc) is 1.35. The van der Waals surface area contributed by atoms with Gasteiger partial charge in [-0.05, 0) is 13.3 Å². The van der Waals surface area contributed by atoms with Crippen molar-refractivity contribution in [3.63, 3.8) is 0 Å². The Labute approximate surface area is 38.3 Å². The second-order valence-electron chi connectivity index (χ2n) is 1.32. The predicted octanol–water partition coefficient (Wildman–Crippen LogP) is 0.746. The third-order valence-corrected chi connectivity index (χ3v) is 0.477. The van der Waals surface area contributed by atoms with E-state index in [9.17, 15) is 0 Å². The number of hydrogen-bond donors (Lipinski definition) is 1. The normalized spacial score (nSPS) is 13.7. The van der Waals surface area contributed by atoms with E-state index >= 15 is 0 Å². The average molecular weight is 85.1 g/mol. The van der Waals surface area contributed by atoms with Crippen molar-refractivity contribution in [2.24, 2.45) is 0 Å². The lowest BCUT2D eigenvalue weighted by molar-refractivity contribution is 0.198. The molecular weight excluding hydrogens is 76.1 g/mol. The van der Waals surface area contributed by atoms with Crippen LogP contribution in [-0.4, -0.2) is 11.2 Å². The summed E-state index contributed by atoms with van der Waals surface area (Å²) in [7, 11) is 0. The van der Waals surface area contributed by atoms with Crippen LogP contribution in [0.1, 0.15) is 13.3 Å². The zero-order valence-corrected chi connectivity index (χ0v) is 3.89. The smallest absolute Gasteiger partial charge is 0.0546 e. The van der Waals surface area contributed by atoms with Crippen LogP contribution in [0.4, 0.5) is 0 Å². The minimum atomic E-state index is -0.282. The van der Waals surface area contributed by atoms with E-state index in [4.69, 9.17) is 11.7 Å². The number of aliphatic hydroxyl groups is 1. The molecule has 0 spiro atoms. The van der Waals surface area contributed by atoms with Crippen LogP contribution in [0.25, 0.3) is 0 Å². The van der Waals surface area contributed by atoms with Crippen molar-refractivity contribution in [3.05, 3.63) is 12.7 Å². The van der Waals surface area contributed by atoms with Gasteiger partial charge in [0.15, 0.2) is 0 Å². The van der Waals surface area contributed by atoms with E-state index in [1.54, 1.807) is 6.92 Å². The van der Waals surface area contributed by atoms with E-state index in [1.165, 1.54) is 6.08 Å². The molecule has 0 aromatic heterocycles. The Bertz CT molecular complexity index is 39.2. The van der Waals surface area contributed by atoms with Gasteiger partial charge in [0.25, 0.3) is 0 Å². The third kappa shape index (κ3) is 3.70. The maximum absolute atomic E-state index is 8.44. The summed E-state index contributed by atoms with van der Waals surface area (Å²) in [6, 6.07) is 0. The molecule has 1 N–H and O–H groups in total. The molecular formula is C5H9O. The van der Waals surface area contributed by atoms with Crippen molar-refractivity contribution in [1.29, 1.82) is 0 Å². The molecule has 6 heavy (non-hydrogen) atoms. The first-order valence-electron chi connectivity index (χ1n) is 1.99. The number of hydrogen-bond acceptors (Lipinski definition) is 1. The van der Waals surface area contributed by atoms with Gasteiger partial charge in [-0.15, -0.1) is 0 Å². The van der Waals surface area contributed by atoms with Gasteiger partial charge in [-0.2, -0.15) is 0 Å². The summed E-state index contributed by atoms with van der Waals surface area (Å²) in [4.78, 5) is 0. The SMILES string of the molecule is [CH]=CCC(C)O. The lowest BCUT2D eigenvalue weighted by atomic mass is 10.3. The van der Waals surface area contributed by atoms with E-state index in [2.05, 4.69) is 0 Å². The molecule has 1 heteroatoms. The maximum atomic E-state index is 8.44. The van der Waals surface area contributed by atoms with Gasteiger partial charge in [0.05, 0.1) is 6.10 Å². The summed E-state index contributed by atoms with van der Waals surface area (Å²) in [6.45, 7) is 6.64. The first-order chi connectivity index (χ1) is 2.77. The second kappa shape index (κ2) is 2.91. The topological polar surface area (TPSA) is 20.2 Å². The summed E-state index contributed by atoms with van der Waals surface area (Å²) in [5, 5.41) is 8.44. The summed E-state index contributed by atoms with van der Waals surface area (Å²) >= 11 is 0. The van der Waals surface area contributed by atoms with Crippen molar-refractivity contribution >= 4 is 0 Å². The molecule has 0 aliphatic carbocycles. The molecule has 0 aliphatic rings. The number of rotatable bonds is 2. The molecule has 0 saturated carbocycles. The fraction of sp³-hybridized carbons (Fsp3) is 0.600. The van der Waals surface area contributed by atoms with Crippen molar-refractivity contribution in [2.75, 3.05) is 0 Å². The van der Waals surface area contributed by atoms with Gasteiger partial charge in [0.2, 0.25) is 0 Å². The molecule has 0 aromatic carbocycles. The standard InChI is InChI=1S/C5H9O/c1-3-4-5(2)6/h1,3,5-6H,4H2,2H3. The summed E-state index contributed by atoms with van der Waals surface area (Å²) in [6.07, 6.45) is 1.75. The van der Waals surface area contributed by atoms with Crippen molar-refractivity contribution in [3.8, 4) is 0 Å². The van der Waals surface area contributed by atoms with Crippen LogP contribution in [0.3, 0.4) is 0 Å². The Hall–Kier alpha value is -0.300. The van der Waals surface area contributed by atoms with Crippen LogP contribution in [-0.2, 0) is 0 Å². The zero-order valence-electron chi connectivity index (χ0n) is 3.89. The molecule has 0 rings (SSSR count). The van der Waals surface area contributed by atoms with Crippen LogP contribution in [0.15, 0.2) is 6.08 Å². The second-order valence-corrected chi connectivity index (χ2v) is 1.32. The molecule has 0 fully saturated rings. The lowest BCUT2D eigenvalue weighted by Gasteiger charge is -1.92. The van der Waals surface area contributed by atoms with Crippen LogP contribution >= 0.6 is 0 Å². The van der Waals surface area contributed by atoms with Crippen LogP contribution < -0.4 is 0 Å². The molecule has 1 unspecified atom stereocenters. The van der Waals surface area contributed by atoms with Crippen molar-refractivity contribution in [2.45, 2.75) is 19.4 Å². The monoisotopic (exact) mass is 85.1 g/mol. The van der Waals surface area contributed by atoms with E-state index in [0.717, 1.165) is 0 Å². The molecule has 1 nitrogen and oxygen atoms in total. The van der Waals surface area contributed by atoms with Gasteiger partial charge in [-0.3, -0.25) is 0 Å². The third-order valence-electron chi connectivity index (χ3n) is 0.477. The van der Waals surface area contributed by atoms with E-state index in [-0.39, 0.29) is 6.10 Å². The van der Waals surface area contributed by atoms with Gasteiger partial charge < -0.3 is 5.11 Å². The first kappa shape index (κ1) is 5.70. The van der Waals surface area contributed by atoms with Crippen LogP contribution in [0.2, 0.25) is 0 Å². The van der Waals surface area contributed by atoms with Crippen LogP contribution in [0.5, 0.6) is 0 Å². The highest BCUT2D eigenvalue weighted by atomic mass is 16.3.